The Balaban J connectivity index is 0.000000207. The first kappa shape index (κ1) is 23.0. The summed E-state index contributed by atoms with van der Waals surface area (Å²) < 4.78 is 0. The Kier molecular flexibility index (Phi) is 8.96. The Bertz CT molecular complexity index is 1060. The topological polar surface area (TPSA) is 40.1 Å². The van der Waals surface area contributed by atoms with Gasteiger partial charge < -0.3 is 5.11 Å². The first-order chi connectivity index (χ1) is 14.1. The Morgan fingerprint density at radius 1 is 0.933 bits per heavy atom. The van der Waals surface area contributed by atoms with Crippen LogP contribution in [0.2, 0.25) is 0 Å². The van der Waals surface area contributed by atoms with Crippen LogP contribution in [0.15, 0.2) is 121 Å². The van der Waals surface area contributed by atoms with Crippen LogP contribution in [0, 0.1) is 0 Å². The minimum Gasteiger partial charge on any atom is -0.872 e. The molecule has 0 bridgehead atoms. The first-order valence-corrected chi connectivity index (χ1v) is 9.46. The van der Waals surface area contributed by atoms with Crippen molar-refractivity contribution in [2.75, 3.05) is 0 Å². The number of ketones is 1. The van der Waals surface area contributed by atoms with Crippen molar-refractivity contribution < 1.29 is 27.0 Å². The molecule has 1 aliphatic carbocycles. The fourth-order valence-corrected chi connectivity index (χ4v) is 2.85. The molecule has 3 aromatic rings. The van der Waals surface area contributed by atoms with Crippen molar-refractivity contribution in [1.82, 2.24) is 0 Å². The maximum absolute atomic E-state index is 11.6. The van der Waals surface area contributed by atoms with Gasteiger partial charge in [-0.25, -0.2) is 0 Å². The number of benzene rings is 2. The smallest absolute Gasteiger partial charge is 0.872 e. The number of hydrogen-bond acceptors (Lipinski definition) is 2. The monoisotopic (exact) mass is 434 g/mol. The van der Waals surface area contributed by atoms with E-state index in [1.165, 1.54) is 0 Å². The van der Waals surface area contributed by atoms with Gasteiger partial charge in [0.2, 0.25) is 0 Å². The summed E-state index contributed by atoms with van der Waals surface area (Å²) in [5, 5.41) is 11.6. The van der Waals surface area contributed by atoms with Crippen LogP contribution in [0.25, 0.3) is 17.2 Å². The van der Waals surface area contributed by atoms with Crippen LogP contribution < -0.4 is 5.11 Å². The second kappa shape index (κ2) is 11.7. The number of carbonyl (C=O) groups excluding carboxylic acids is 1. The van der Waals surface area contributed by atoms with E-state index in [9.17, 15) is 9.90 Å². The van der Waals surface area contributed by atoms with Crippen molar-refractivity contribution >= 4 is 11.9 Å². The average molecular weight is 434 g/mol. The molecule has 3 aromatic carbocycles. The molecule has 0 aromatic heterocycles. The van der Waals surface area contributed by atoms with Gasteiger partial charge in [0.05, 0.1) is 0 Å². The van der Waals surface area contributed by atoms with Gasteiger partial charge >= 0.3 is 17.1 Å². The summed E-state index contributed by atoms with van der Waals surface area (Å²) in [6.45, 7) is 1.59. The van der Waals surface area contributed by atoms with Crippen LogP contribution in [0.4, 0.5) is 0 Å². The Morgan fingerprint density at radius 3 is 2.30 bits per heavy atom. The molecule has 0 radical (unpaired) electrons. The predicted octanol–water partition coefficient (Wildman–Crippen LogP) is 5.71. The van der Waals surface area contributed by atoms with Crippen LogP contribution in [0.5, 0.6) is 0 Å². The molecule has 0 fully saturated rings. The second-order valence-corrected chi connectivity index (χ2v) is 6.59. The molecule has 0 saturated heterocycles. The van der Waals surface area contributed by atoms with Crippen LogP contribution >= 0.6 is 0 Å². The maximum Gasteiger partial charge on any atom is 2.00 e. The molecule has 0 aliphatic heterocycles. The first-order valence-electron chi connectivity index (χ1n) is 9.46. The molecule has 30 heavy (non-hydrogen) atoms. The molecule has 150 valence electrons. The normalized spacial score (nSPS) is 11.7. The van der Waals surface area contributed by atoms with Gasteiger partial charge in [-0.05, 0) is 18.1 Å². The molecule has 3 heteroatoms. The standard InChI is InChI=1S/C14H12O.C13H11O.Fe/c15-14(13-8-4-5-9-13)11-10-12-6-2-1-3-7-12;1-10(14)12-7-4-8-13(9-12)11-5-2-3-6-11;/h1-11,15H;2-9H,1H3;/q;-1;+2/p-1. The van der Waals surface area contributed by atoms with E-state index in [-0.39, 0.29) is 28.6 Å². The quantitative estimate of drug-likeness (QED) is 0.228. The Morgan fingerprint density at radius 2 is 1.67 bits per heavy atom. The zero-order chi connectivity index (χ0) is 20.5. The summed E-state index contributed by atoms with van der Waals surface area (Å²) in [4.78, 5) is 11.2. The zero-order valence-electron chi connectivity index (χ0n) is 16.6. The van der Waals surface area contributed by atoms with Crippen molar-refractivity contribution in [3.05, 3.63) is 132 Å². The predicted molar refractivity (Wildman–Crippen MR) is 118 cm³/mol. The van der Waals surface area contributed by atoms with Crippen molar-refractivity contribution in [2.45, 2.75) is 6.92 Å². The number of carbonyl (C=O) groups is 1. The SMILES string of the molecule is CC(=O)c1cccc(-c2ccc[cH-]2)c1.[Fe+2].[O-]C(C=Cc1ccccc1)=C1C=CC=C1. The van der Waals surface area contributed by atoms with Gasteiger partial charge in [-0.3, -0.25) is 4.79 Å². The molecule has 0 atom stereocenters. The number of Topliss-reactive ketones (excluding diaryl/α,β-unsaturated/α-hetero) is 1. The summed E-state index contributed by atoms with van der Waals surface area (Å²) in [6, 6.07) is 25.6. The molecule has 0 unspecified atom stereocenters. The van der Waals surface area contributed by atoms with Crippen molar-refractivity contribution in [3.63, 3.8) is 0 Å². The molecule has 1 aliphatic rings. The molecule has 0 saturated carbocycles. The third-order valence-electron chi connectivity index (χ3n) is 4.44. The average Bonchev–Trinajstić information content (AvgIpc) is 3.48. The van der Waals surface area contributed by atoms with E-state index < -0.39 is 0 Å². The number of rotatable bonds is 4. The van der Waals surface area contributed by atoms with Crippen molar-refractivity contribution in [2.24, 2.45) is 0 Å². The zero-order valence-corrected chi connectivity index (χ0v) is 17.7. The molecule has 0 amide bonds. The summed E-state index contributed by atoms with van der Waals surface area (Å²) in [5.74, 6) is 0.155. The fourth-order valence-electron chi connectivity index (χ4n) is 2.85. The summed E-state index contributed by atoms with van der Waals surface area (Å²) >= 11 is 0. The second-order valence-electron chi connectivity index (χ2n) is 6.59. The van der Waals surface area contributed by atoms with E-state index in [2.05, 4.69) is 0 Å². The molecular weight excluding hydrogens is 412 g/mol. The summed E-state index contributed by atoms with van der Waals surface area (Å²) in [6.07, 6.45) is 10.8. The number of hydrogen-bond donors (Lipinski definition) is 0. The van der Waals surface area contributed by atoms with Gasteiger partial charge in [-0.15, -0.1) is 11.8 Å². The third-order valence-corrected chi connectivity index (χ3v) is 4.44. The van der Waals surface area contributed by atoms with Gasteiger partial charge in [0.25, 0.3) is 0 Å². The third kappa shape index (κ3) is 6.66. The maximum atomic E-state index is 11.6. The number of allylic oxidation sites excluding steroid dienone is 6. The molecule has 0 N–H and O–H groups in total. The van der Waals surface area contributed by atoms with Crippen molar-refractivity contribution in [1.29, 1.82) is 0 Å². The largest absolute Gasteiger partial charge is 2.00 e. The van der Waals surface area contributed by atoms with Crippen LogP contribution in [0.1, 0.15) is 22.8 Å². The van der Waals surface area contributed by atoms with Crippen LogP contribution in [0.3, 0.4) is 0 Å². The van der Waals surface area contributed by atoms with E-state index in [1.807, 2.05) is 109 Å². The van der Waals surface area contributed by atoms with Crippen molar-refractivity contribution in [3.8, 4) is 11.1 Å². The molecule has 4 rings (SSSR count). The Hall–Kier alpha value is -3.26. The minimum atomic E-state index is 0. The van der Waals surface area contributed by atoms with Gasteiger partial charge in [0.15, 0.2) is 5.78 Å². The minimum absolute atomic E-state index is 0. The van der Waals surface area contributed by atoms with Gasteiger partial charge in [-0.1, -0.05) is 96.6 Å². The summed E-state index contributed by atoms with van der Waals surface area (Å²) in [7, 11) is 0. The molecule has 0 heterocycles. The molecule has 2 nitrogen and oxygen atoms in total. The van der Waals surface area contributed by atoms with E-state index in [0.29, 0.717) is 0 Å². The molecular formula is C27H22FeO2. The van der Waals surface area contributed by atoms with E-state index in [1.54, 1.807) is 13.0 Å². The fraction of sp³-hybridized carbons (Fsp3) is 0.0370. The van der Waals surface area contributed by atoms with E-state index >= 15 is 0 Å². The van der Waals surface area contributed by atoms with Gasteiger partial charge in [0.1, 0.15) is 0 Å². The summed E-state index contributed by atoms with van der Waals surface area (Å²) in [5.41, 5.74) is 4.80. The van der Waals surface area contributed by atoms with Crippen LogP contribution in [-0.4, -0.2) is 5.78 Å². The van der Waals surface area contributed by atoms with Crippen LogP contribution in [-0.2, 0) is 17.1 Å². The van der Waals surface area contributed by atoms with E-state index in [4.69, 9.17) is 0 Å². The van der Waals surface area contributed by atoms with Gasteiger partial charge in [0, 0.05) is 5.56 Å². The molecule has 0 spiro atoms. The Labute approximate surface area is 188 Å². The van der Waals surface area contributed by atoms with Gasteiger partial charge in [-0.2, -0.15) is 23.8 Å². The van der Waals surface area contributed by atoms with E-state index in [0.717, 1.165) is 27.8 Å².